The normalized spacial score (nSPS) is 15.2. The second-order valence-corrected chi connectivity index (χ2v) is 7.81. The highest BCUT2D eigenvalue weighted by Crippen LogP contribution is 2.23. The molecule has 0 unspecified atom stereocenters. The molecule has 33 heavy (non-hydrogen) atoms. The maximum absolute atomic E-state index is 12.5. The lowest BCUT2D eigenvalue weighted by Gasteiger charge is -2.34. The number of nitrogens with one attached hydrogen (secondary N) is 1. The van der Waals surface area contributed by atoms with Crippen LogP contribution in [0.4, 0.5) is 18.9 Å². The van der Waals surface area contributed by atoms with Gasteiger partial charge < -0.3 is 14.8 Å². The fourth-order valence-corrected chi connectivity index (χ4v) is 3.55. The standard InChI is InChI=1S/C23H26F3N3O4/c1-16-3-6-18(22(31)32-2)13-20(16)27-21(30)15-29-11-9-28(10-12-29)14-17-4-7-19(8-5-17)33-23(24,25)26/h3-8,13H,9-12,14-15H2,1-2H3,(H,27,30). The summed E-state index contributed by atoms with van der Waals surface area (Å²) in [4.78, 5) is 28.4. The van der Waals surface area contributed by atoms with E-state index in [1.165, 1.54) is 19.2 Å². The van der Waals surface area contributed by atoms with E-state index in [1.54, 1.807) is 30.3 Å². The number of hydrogen-bond acceptors (Lipinski definition) is 6. The second kappa shape index (κ2) is 10.7. The number of anilines is 1. The lowest BCUT2D eigenvalue weighted by Crippen LogP contribution is -2.48. The summed E-state index contributed by atoms with van der Waals surface area (Å²) in [6.45, 7) is 5.49. The van der Waals surface area contributed by atoms with E-state index in [-0.39, 0.29) is 18.2 Å². The van der Waals surface area contributed by atoms with Gasteiger partial charge in [-0.05, 0) is 42.3 Å². The number of esters is 1. The number of aryl methyl sites for hydroxylation is 1. The average molecular weight is 465 g/mol. The van der Waals surface area contributed by atoms with Crippen molar-refractivity contribution in [2.45, 2.75) is 19.8 Å². The first-order valence-corrected chi connectivity index (χ1v) is 10.4. The van der Waals surface area contributed by atoms with E-state index >= 15 is 0 Å². The smallest absolute Gasteiger partial charge is 0.465 e. The average Bonchev–Trinajstić information content (AvgIpc) is 2.76. The van der Waals surface area contributed by atoms with Crippen LogP contribution < -0.4 is 10.1 Å². The Balaban J connectivity index is 1.46. The number of methoxy groups -OCH3 is 1. The van der Waals surface area contributed by atoms with Gasteiger partial charge >= 0.3 is 12.3 Å². The molecule has 3 rings (SSSR count). The Morgan fingerprint density at radius 2 is 1.64 bits per heavy atom. The van der Waals surface area contributed by atoms with Crippen molar-refractivity contribution >= 4 is 17.6 Å². The summed E-state index contributed by atoms with van der Waals surface area (Å²) < 4.78 is 45.4. The Bertz CT molecular complexity index is 972. The molecule has 1 N–H and O–H groups in total. The van der Waals surface area contributed by atoms with Crippen molar-refractivity contribution < 1.29 is 32.2 Å². The fraction of sp³-hybridized carbons (Fsp3) is 0.391. The highest BCUT2D eigenvalue weighted by Gasteiger charge is 2.31. The number of hydrogen-bond donors (Lipinski definition) is 1. The Labute approximate surface area is 190 Å². The number of nitrogens with zero attached hydrogens (tertiary/aromatic N) is 2. The van der Waals surface area contributed by atoms with E-state index < -0.39 is 12.3 Å². The molecule has 0 aromatic heterocycles. The number of carbonyl (C=O) groups is 2. The van der Waals surface area contributed by atoms with Crippen LogP contribution in [0, 0.1) is 6.92 Å². The summed E-state index contributed by atoms with van der Waals surface area (Å²) in [5.41, 5.74) is 2.66. The topological polar surface area (TPSA) is 71.1 Å². The van der Waals surface area contributed by atoms with Crippen molar-refractivity contribution in [3.63, 3.8) is 0 Å². The van der Waals surface area contributed by atoms with Crippen molar-refractivity contribution in [3.8, 4) is 5.75 Å². The Kier molecular flexibility index (Phi) is 7.93. The van der Waals surface area contributed by atoms with Gasteiger partial charge in [0.1, 0.15) is 5.75 Å². The molecule has 1 aliphatic rings. The van der Waals surface area contributed by atoms with Gasteiger partial charge in [-0.15, -0.1) is 13.2 Å². The summed E-state index contributed by atoms with van der Waals surface area (Å²) in [6, 6.07) is 10.8. The number of rotatable bonds is 7. The molecule has 1 amide bonds. The highest BCUT2D eigenvalue weighted by molar-refractivity contribution is 5.96. The van der Waals surface area contributed by atoms with Crippen molar-refractivity contribution in [3.05, 3.63) is 59.2 Å². The van der Waals surface area contributed by atoms with E-state index in [0.29, 0.717) is 30.9 Å². The number of carbonyl (C=O) groups excluding carboxylic acids is 2. The molecule has 0 bridgehead atoms. The number of piperazine rings is 1. The van der Waals surface area contributed by atoms with Gasteiger partial charge in [0.15, 0.2) is 0 Å². The van der Waals surface area contributed by atoms with Gasteiger partial charge in [0.2, 0.25) is 5.91 Å². The second-order valence-electron chi connectivity index (χ2n) is 7.81. The van der Waals surface area contributed by atoms with Crippen molar-refractivity contribution in [1.29, 1.82) is 0 Å². The maximum Gasteiger partial charge on any atom is 0.573 e. The molecular weight excluding hydrogens is 439 g/mol. The molecule has 7 nitrogen and oxygen atoms in total. The van der Waals surface area contributed by atoms with E-state index in [2.05, 4.69) is 15.0 Å². The third-order valence-electron chi connectivity index (χ3n) is 5.33. The molecule has 1 heterocycles. The molecule has 0 aliphatic carbocycles. The first-order chi connectivity index (χ1) is 15.6. The van der Waals surface area contributed by atoms with Crippen LogP contribution >= 0.6 is 0 Å². The fourth-order valence-electron chi connectivity index (χ4n) is 3.55. The molecule has 1 aliphatic heterocycles. The van der Waals surface area contributed by atoms with Gasteiger partial charge in [-0.3, -0.25) is 14.6 Å². The maximum atomic E-state index is 12.5. The number of alkyl halides is 3. The predicted octanol–water partition coefficient (Wildman–Crippen LogP) is 3.44. The molecule has 1 saturated heterocycles. The minimum atomic E-state index is -4.70. The van der Waals surface area contributed by atoms with Gasteiger partial charge in [-0.2, -0.15) is 0 Å². The first kappa shape index (κ1) is 24.5. The van der Waals surface area contributed by atoms with Gasteiger partial charge in [-0.25, -0.2) is 4.79 Å². The molecular formula is C23H26F3N3O4. The van der Waals surface area contributed by atoms with E-state index in [0.717, 1.165) is 24.2 Å². The quantitative estimate of drug-likeness (QED) is 0.632. The highest BCUT2D eigenvalue weighted by atomic mass is 19.4. The summed E-state index contributed by atoms with van der Waals surface area (Å²) in [5.74, 6) is -0.882. The van der Waals surface area contributed by atoms with Gasteiger partial charge in [0.05, 0.1) is 19.2 Å². The van der Waals surface area contributed by atoms with Crippen molar-refractivity contribution in [1.82, 2.24) is 9.80 Å². The van der Waals surface area contributed by atoms with Crippen molar-refractivity contribution in [2.24, 2.45) is 0 Å². The van der Waals surface area contributed by atoms with Gasteiger partial charge in [0, 0.05) is 38.4 Å². The monoisotopic (exact) mass is 465 g/mol. The third kappa shape index (κ3) is 7.47. The zero-order chi connectivity index (χ0) is 24.0. The molecule has 2 aromatic rings. The minimum Gasteiger partial charge on any atom is -0.465 e. The lowest BCUT2D eigenvalue weighted by molar-refractivity contribution is -0.274. The molecule has 0 spiro atoms. The van der Waals surface area contributed by atoms with E-state index in [4.69, 9.17) is 4.74 Å². The van der Waals surface area contributed by atoms with E-state index in [9.17, 15) is 22.8 Å². The van der Waals surface area contributed by atoms with Crippen LogP contribution in [0.1, 0.15) is 21.5 Å². The minimum absolute atomic E-state index is 0.172. The zero-order valence-electron chi connectivity index (χ0n) is 18.4. The van der Waals surface area contributed by atoms with Crippen LogP contribution in [0.2, 0.25) is 0 Å². The number of ether oxygens (including phenoxy) is 2. The van der Waals surface area contributed by atoms with Crippen LogP contribution in [-0.2, 0) is 16.1 Å². The molecule has 0 saturated carbocycles. The summed E-state index contributed by atoms with van der Waals surface area (Å²) in [6.07, 6.45) is -4.70. The molecule has 0 atom stereocenters. The van der Waals surface area contributed by atoms with Crippen molar-refractivity contribution in [2.75, 3.05) is 45.2 Å². The van der Waals surface area contributed by atoms with Crippen LogP contribution in [-0.4, -0.2) is 67.9 Å². The van der Waals surface area contributed by atoms with Crippen LogP contribution in [0.15, 0.2) is 42.5 Å². The number of amides is 1. The third-order valence-corrected chi connectivity index (χ3v) is 5.33. The predicted molar refractivity (Wildman–Crippen MR) is 116 cm³/mol. The Morgan fingerprint density at radius 3 is 2.24 bits per heavy atom. The zero-order valence-corrected chi connectivity index (χ0v) is 18.4. The molecule has 2 aromatic carbocycles. The Morgan fingerprint density at radius 1 is 1.00 bits per heavy atom. The molecule has 178 valence electrons. The van der Waals surface area contributed by atoms with Gasteiger partial charge in [0.25, 0.3) is 0 Å². The molecule has 1 fully saturated rings. The number of halogens is 3. The van der Waals surface area contributed by atoms with E-state index in [1.807, 2.05) is 11.8 Å². The SMILES string of the molecule is COC(=O)c1ccc(C)c(NC(=O)CN2CCN(Cc3ccc(OC(F)(F)F)cc3)CC2)c1. The molecule has 10 heteroatoms. The molecule has 0 radical (unpaired) electrons. The van der Waals surface area contributed by atoms with Crippen LogP contribution in [0.25, 0.3) is 0 Å². The summed E-state index contributed by atoms with van der Waals surface area (Å²) >= 11 is 0. The van der Waals surface area contributed by atoms with Crippen LogP contribution in [0.3, 0.4) is 0 Å². The van der Waals surface area contributed by atoms with Crippen LogP contribution in [0.5, 0.6) is 5.75 Å². The largest absolute Gasteiger partial charge is 0.573 e. The lowest BCUT2D eigenvalue weighted by atomic mass is 10.1. The van der Waals surface area contributed by atoms with Gasteiger partial charge in [-0.1, -0.05) is 18.2 Å². The number of benzene rings is 2. The first-order valence-electron chi connectivity index (χ1n) is 10.4. The summed E-state index contributed by atoms with van der Waals surface area (Å²) in [7, 11) is 1.30. The Hall–Kier alpha value is -3.11. The summed E-state index contributed by atoms with van der Waals surface area (Å²) in [5, 5.41) is 2.86.